The number of nitrogens with one attached hydrogen (secondary N) is 1. The van der Waals surface area contributed by atoms with Crippen molar-refractivity contribution >= 4 is 33.4 Å². The van der Waals surface area contributed by atoms with E-state index in [1.165, 1.54) is 25.3 Å². The molecule has 0 aliphatic heterocycles. The van der Waals surface area contributed by atoms with E-state index in [9.17, 15) is 13.2 Å². The molecule has 0 saturated heterocycles. The minimum Gasteiger partial charge on any atom is -0.493 e. The molecule has 1 amide bonds. The standard InChI is InChI=1S/C27H32N2O5S2/c1-20-9-12-24(13-10-20)36(31,32)29(23-11-14-25(33-3)26(17-23)34-4)18-27(30)28-15-16-35-19-22-8-6-5-7-21(22)2/h5-14,17H,15-16,18-19H2,1-4H3,(H,28,30). The summed E-state index contributed by atoms with van der Waals surface area (Å²) in [5.74, 6) is 2.00. The summed E-state index contributed by atoms with van der Waals surface area (Å²) in [5.41, 5.74) is 3.74. The van der Waals surface area contributed by atoms with Crippen LogP contribution in [0, 0.1) is 13.8 Å². The maximum Gasteiger partial charge on any atom is 0.264 e. The Morgan fingerprint density at radius 3 is 2.31 bits per heavy atom. The Kier molecular flexibility index (Phi) is 9.66. The van der Waals surface area contributed by atoms with Gasteiger partial charge in [-0.1, -0.05) is 42.0 Å². The first-order chi connectivity index (χ1) is 17.3. The van der Waals surface area contributed by atoms with E-state index in [4.69, 9.17) is 9.47 Å². The molecule has 0 aliphatic rings. The Hall–Kier alpha value is -3.17. The first kappa shape index (κ1) is 27.4. The van der Waals surface area contributed by atoms with Gasteiger partial charge in [-0.05, 0) is 49.2 Å². The summed E-state index contributed by atoms with van der Waals surface area (Å²) in [6.45, 7) is 4.02. The van der Waals surface area contributed by atoms with Crippen molar-refractivity contribution in [3.63, 3.8) is 0 Å². The van der Waals surface area contributed by atoms with E-state index in [2.05, 4.69) is 24.4 Å². The monoisotopic (exact) mass is 528 g/mol. The van der Waals surface area contributed by atoms with Crippen molar-refractivity contribution in [1.29, 1.82) is 0 Å². The van der Waals surface area contributed by atoms with Gasteiger partial charge >= 0.3 is 0 Å². The van der Waals surface area contributed by atoms with E-state index in [-0.39, 0.29) is 11.4 Å². The number of aryl methyl sites for hydroxylation is 2. The predicted octanol–water partition coefficient (Wildman–Crippen LogP) is 4.57. The number of methoxy groups -OCH3 is 2. The number of amides is 1. The Labute approximate surface area is 217 Å². The molecule has 0 atom stereocenters. The molecule has 0 unspecified atom stereocenters. The van der Waals surface area contributed by atoms with Crippen LogP contribution in [0.5, 0.6) is 11.5 Å². The van der Waals surface area contributed by atoms with E-state index in [0.29, 0.717) is 29.5 Å². The van der Waals surface area contributed by atoms with Crippen LogP contribution in [-0.4, -0.2) is 47.4 Å². The fraction of sp³-hybridized carbons (Fsp3) is 0.296. The average Bonchev–Trinajstić information content (AvgIpc) is 2.87. The number of carbonyl (C=O) groups is 1. The number of thioether (sulfide) groups is 1. The van der Waals surface area contributed by atoms with Gasteiger partial charge in [0.2, 0.25) is 5.91 Å². The van der Waals surface area contributed by atoms with E-state index >= 15 is 0 Å². The van der Waals surface area contributed by atoms with Gasteiger partial charge in [-0.15, -0.1) is 0 Å². The number of nitrogens with zero attached hydrogens (tertiary/aromatic N) is 1. The molecule has 7 nitrogen and oxygen atoms in total. The molecule has 0 heterocycles. The van der Waals surface area contributed by atoms with Gasteiger partial charge in [0.05, 0.1) is 24.8 Å². The van der Waals surface area contributed by atoms with Crippen LogP contribution in [-0.2, 0) is 20.6 Å². The lowest BCUT2D eigenvalue weighted by molar-refractivity contribution is -0.119. The Morgan fingerprint density at radius 2 is 1.64 bits per heavy atom. The summed E-state index contributed by atoms with van der Waals surface area (Å²) in [6.07, 6.45) is 0. The third kappa shape index (κ3) is 6.95. The zero-order valence-corrected chi connectivity index (χ0v) is 22.6. The minimum atomic E-state index is -4.02. The number of hydrogen-bond donors (Lipinski definition) is 1. The number of rotatable bonds is 12. The highest BCUT2D eigenvalue weighted by atomic mass is 32.2. The molecule has 36 heavy (non-hydrogen) atoms. The first-order valence-electron chi connectivity index (χ1n) is 11.5. The van der Waals surface area contributed by atoms with Crippen molar-refractivity contribution in [1.82, 2.24) is 5.32 Å². The van der Waals surface area contributed by atoms with Crippen molar-refractivity contribution in [2.24, 2.45) is 0 Å². The van der Waals surface area contributed by atoms with Crippen LogP contribution in [0.2, 0.25) is 0 Å². The summed E-state index contributed by atoms with van der Waals surface area (Å²) < 4.78 is 38.9. The Bertz CT molecular complexity index is 1280. The van der Waals surface area contributed by atoms with Crippen molar-refractivity contribution in [3.8, 4) is 11.5 Å². The van der Waals surface area contributed by atoms with E-state index in [1.807, 2.05) is 19.1 Å². The molecule has 0 spiro atoms. The van der Waals surface area contributed by atoms with E-state index < -0.39 is 15.9 Å². The number of carbonyl (C=O) groups excluding carboxylic acids is 1. The van der Waals surface area contributed by atoms with Gasteiger partial charge in [-0.2, -0.15) is 11.8 Å². The van der Waals surface area contributed by atoms with Gasteiger partial charge in [-0.3, -0.25) is 9.10 Å². The zero-order valence-electron chi connectivity index (χ0n) is 21.0. The molecule has 3 aromatic carbocycles. The largest absolute Gasteiger partial charge is 0.493 e. The molecule has 0 aromatic heterocycles. The van der Waals surface area contributed by atoms with Crippen LogP contribution in [0.1, 0.15) is 16.7 Å². The second-order valence-corrected chi connectivity index (χ2v) is 11.2. The van der Waals surface area contributed by atoms with Crippen molar-refractivity contribution in [2.75, 3.05) is 37.4 Å². The van der Waals surface area contributed by atoms with Gasteiger partial charge in [-0.25, -0.2) is 8.42 Å². The molecule has 192 valence electrons. The molecule has 1 N–H and O–H groups in total. The van der Waals surface area contributed by atoms with Crippen LogP contribution >= 0.6 is 11.8 Å². The summed E-state index contributed by atoms with van der Waals surface area (Å²) >= 11 is 1.71. The smallest absolute Gasteiger partial charge is 0.264 e. The Balaban J connectivity index is 1.73. The SMILES string of the molecule is COc1ccc(N(CC(=O)NCCSCc2ccccc2C)S(=O)(=O)c2ccc(C)cc2)cc1OC. The number of sulfonamides is 1. The van der Waals surface area contributed by atoms with Crippen molar-refractivity contribution < 1.29 is 22.7 Å². The maximum absolute atomic E-state index is 13.6. The lowest BCUT2D eigenvalue weighted by Gasteiger charge is -2.25. The quantitative estimate of drug-likeness (QED) is 0.347. The molecule has 3 rings (SSSR count). The molecule has 0 saturated carbocycles. The molecule has 0 fully saturated rings. The number of ether oxygens (including phenoxy) is 2. The van der Waals surface area contributed by atoms with E-state index in [1.54, 1.807) is 54.2 Å². The van der Waals surface area contributed by atoms with E-state index in [0.717, 1.165) is 15.6 Å². The highest BCUT2D eigenvalue weighted by molar-refractivity contribution is 7.98. The van der Waals surface area contributed by atoms with Crippen molar-refractivity contribution in [2.45, 2.75) is 24.5 Å². The molecule has 0 radical (unpaired) electrons. The fourth-order valence-corrected chi connectivity index (χ4v) is 5.88. The molecule has 0 aliphatic carbocycles. The topological polar surface area (TPSA) is 84.9 Å². The number of hydrogen-bond acceptors (Lipinski definition) is 6. The molecule has 9 heteroatoms. The molecule has 0 bridgehead atoms. The van der Waals surface area contributed by atoms with Crippen LogP contribution in [0.3, 0.4) is 0 Å². The second kappa shape index (κ2) is 12.7. The van der Waals surface area contributed by atoms with Crippen LogP contribution in [0.25, 0.3) is 0 Å². The predicted molar refractivity (Wildman–Crippen MR) is 146 cm³/mol. The molecular formula is C27H32N2O5S2. The Morgan fingerprint density at radius 1 is 0.944 bits per heavy atom. The number of anilines is 1. The average molecular weight is 529 g/mol. The summed E-state index contributed by atoms with van der Waals surface area (Å²) in [5, 5.41) is 2.85. The second-order valence-electron chi connectivity index (χ2n) is 8.19. The summed E-state index contributed by atoms with van der Waals surface area (Å²) in [7, 11) is -1.04. The third-order valence-corrected chi connectivity index (χ3v) is 8.43. The first-order valence-corrected chi connectivity index (χ1v) is 14.1. The maximum atomic E-state index is 13.6. The van der Waals surface area contributed by atoms with Gasteiger partial charge < -0.3 is 14.8 Å². The molecule has 3 aromatic rings. The van der Waals surface area contributed by atoms with Crippen LogP contribution in [0.4, 0.5) is 5.69 Å². The highest BCUT2D eigenvalue weighted by Crippen LogP contribution is 2.33. The van der Waals surface area contributed by atoms with Gasteiger partial charge in [0, 0.05) is 24.1 Å². The lowest BCUT2D eigenvalue weighted by Crippen LogP contribution is -2.41. The summed E-state index contributed by atoms with van der Waals surface area (Å²) in [6, 6.07) is 19.5. The lowest BCUT2D eigenvalue weighted by atomic mass is 10.1. The molecular weight excluding hydrogens is 496 g/mol. The van der Waals surface area contributed by atoms with Gasteiger partial charge in [0.1, 0.15) is 6.54 Å². The fourth-order valence-electron chi connectivity index (χ4n) is 3.54. The highest BCUT2D eigenvalue weighted by Gasteiger charge is 2.28. The normalized spacial score (nSPS) is 11.1. The summed E-state index contributed by atoms with van der Waals surface area (Å²) in [4.78, 5) is 12.9. The minimum absolute atomic E-state index is 0.101. The van der Waals surface area contributed by atoms with Gasteiger partial charge in [0.15, 0.2) is 11.5 Å². The van der Waals surface area contributed by atoms with Crippen LogP contribution < -0.4 is 19.1 Å². The third-order valence-electron chi connectivity index (χ3n) is 5.64. The number of benzene rings is 3. The van der Waals surface area contributed by atoms with Crippen LogP contribution in [0.15, 0.2) is 71.6 Å². The van der Waals surface area contributed by atoms with Gasteiger partial charge in [0.25, 0.3) is 10.0 Å². The zero-order chi connectivity index (χ0) is 26.1. The van der Waals surface area contributed by atoms with Crippen molar-refractivity contribution in [3.05, 3.63) is 83.4 Å².